The number of hydrogen-bond acceptors (Lipinski definition) is 1. The first kappa shape index (κ1) is 9.34. The normalized spacial score (nSPS) is 18.8. The first-order chi connectivity index (χ1) is 5.33. The van der Waals surface area contributed by atoms with Gasteiger partial charge in [0, 0.05) is 12.4 Å². The number of hydrogen-bond donors (Lipinski definition) is 0. The topological polar surface area (TPSA) is 3.24 Å². The highest BCUT2D eigenvalue weighted by atomic mass is 35.5. The van der Waals surface area contributed by atoms with Crippen molar-refractivity contribution in [3.05, 3.63) is 0 Å². The third-order valence-electron chi connectivity index (χ3n) is 2.61. The first-order valence-electron chi connectivity index (χ1n) is 4.57. The Morgan fingerprint density at radius 1 is 1.36 bits per heavy atom. The third-order valence-corrected chi connectivity index (χ3v) is 2.78. The summed E-state index contributed by atoms with van der Waals surface area (Å²) in [5, 5.41) is 0. The minimum Gasteiger partial charge on any atom is -0.305 e. The third kappa shape index (κ3) is 3.44. The van der Waals surface area contributed by atoms with Crippen LogP contribution in [0, 0.1) is 5.92 Å². The molecule has 1 nitrogen and oxygen atoms in total. The van der Waals surface area contributed by atoms with Crippen molar-refractivity contribution in [2.45, 2.75) is 25.7 Å². The highest BCUT2D eigenvalue weighted by Gasteiger charge is 2.16. The van der Waals surface area contributed by atoms with E-state index in [1.165, 1.54) is 32.2 Å². The Hall–Kier alpha value is 0.250. The minimum absolute atomic E-state index is 0.765. The van der Waals surface area contributed by atoms with Crippen molar-refractivity contribution in [3.63, 3.8) is 0 Å². The van der Waals surface area contributed by atoms with Gasteiger partial charge < -0.3 is 4.90 Å². The van der Waals surface area contributed by atoms with Gasteiger partial charge in [0.15, 0.2) is 0 Å². The fraction of sp³-hybridized carbons (Fsp3) is 1.00. The summed E-state index contributed by atoms with van der Waals surface area (Å²) in [6, 6.07) is 0. The van der Waals surface area contributed by atoms with Crippen molar-refractivity contribution in [1.29, 1.82) is 0 Å². The van der Waals surface area contributed by atoms with Crippen molar-refractivity contribution in [3.8, 4) is 0 Å². The Bertz CT molecular complexity index is 102. The van der Waals surface area contributed by atoms with Gasteiger partial charge in [-0.3, -0.25) is 0 Å². The van der Waals surface area contributed by atoms with Crippen LogP contribution in [0.4, 0.5) is 0 Å². The molecule has 2 heteroatoms. The van der Waals surface area contributed by atoms with Crippen LogP contribution in [-0.4, -0.2) is 30.9 Å². The van der Waals surface area contributed by atoms with E-state index < -0.39 is 0 Å². The molecule has 0 unspecified atom stereocenters. The van der Waals surface area contributed by atoms with E-state index in [0.29, 0.717) is 0 Å². The molecule has 1 rings (SSSR count). The van der Waals surface area contributed by atoms with Gasteiger partial charge in [-0.1, -0.05) is 19.3 Å². The molecule has 1 saturated carbocycles. The molecular weight excluding hydrogens is 158 g/mol. The first-order valence-corrected chi connectivity index (χ1v) is 5.11. The summed E-state index contributed by atoms with van der Waals surface area (Å²) in [6.45, 7) is 2.27. The molecule has 0 amide bonds. The van der Waals surface area contributed by atoms with E-state index in [9.17, 15) is 0 Å². The van der Waals surface area contributed by atoms with Crippen LogP contribution < -0.4 is 0 Å². The molecule has 0 aliphatic heterocycles. The molecule has 11 heavy (non-hydrogen) atoms. The zero-order chi connectivity index (χ0) is 8.10. The summed E-state index contributed by atoms with van der Waals surface area (Å²) in [4.78, 5) is 2.32. The average Bonchev–Trinajstić information content (AvgIpc) is 1.85. The molecule has 0 heterocycles. The Kier molecular flexibility index (Phi) is 4.24. The van der Waals surface area contributed by atoms with Gasteiger partial charge >= 0.3 is 0 Å². The lowest BCUT2D eigenvalue weighted by Crippen LogP contribution is -2.25. The summed E-state index contributed by atoms with van der Waals surface area (Å²) in [7, 11) is 2.15. The number of nitrogens with zero attached hydrogens (tertiary/aromatic N) is 1. The molecule has 0 aromatic rings. The quantitative estimate of drug-likeness (QED) is 0.580. The second kappa shape index (κ2) is 5.00. The Labute approximate surface area is 74.7 Å². The summed E-state index contributed by atoms with van der Waals surface area (Å²) < 4.78 is 0. The van der Waals surface area contributed by atoms with Crippen LogP contribution >= 0.6 is 11.6 Å². The maximum atomic E-state index is 5.62. The fourth-order valence-electron chi connectivity index (χ4n) is 1.44. The summed E-state index contributed by atoms with van der Waals surface area (Å²) in [6.07, 6.45) is 5.78. The Morgan fingerprint density at radius 2 is 2.09 bits per heavy atom. The fourth-order valence-corrected chi connectivity index (χ4v) is 1.73. The molecular formula is C9H18ClN. The van der Waals surface area contributed by atoms with Crippen molar-refractivity contribution in [2.75, 3.05) is 26.0 Å². The lowest BCUT2D eigenvalue weighted by atomic mass is 9.83. The molecule has 66 valence electrons. The Morgan fingerprint density at radius 3 is 2.55 bits per heavy atom. The van der Waals surface area contributed by atoms with Crippen molar-refractivity contribution in [2.24, 2.45) is 5.92 Å². The van der Waals surface area contributed by atoms with Gasteiger partial charge in [-0.2, -0.15) is 0 Å². The standard InChI is InChI=1S/C9H18ClN/c1-11(8-6-10)7-5-9-3-2-4-9/h9H,2-8H2,1H3. The van der Waals surface area contributed by atoms with Crippen LogP contribution in [0.5, 0.6) is 0 Å². The molecule has 0 bridgehead atoms. The van der Waals surface area contributed by atoms with Gasteiger partial charge in [0.1, 0.15) is 0 Å². The molecule has 0 spiro atoms. The van der Waals surface area contributed by atoms with Gasteiger partial charge in [0.25, 0.3) is 0 Å². The predicted octanol–water partition coefficient (Wildman–Crippen LogP) is 2.35. The smallest absolute Gasteiger partial charge is 0.0351 e. The van der Waals surface area contributed by atoms with E-state index in [-0.39, 0.29) is 0 Å². The summed E-state index contributed by atoms with van der Waals surface area (Å²) in [5.74, 6) is 1.80. The zero-order valence-electron chi connectivity index (χ0n) is 7.35. The molecule has 0 saturated heterocycles. The maximum Gasteiger partial charge on any atom is 0.0351 e. The van der Waals surface area contributed by atoms with E-state index in [1.807, 2.05) is 0 Å². The largest absolute Gasteiger partial charge is 0.305 e. The highest BCUT2D eigenvalue weighted by Crippen LogP contribution is 2.29. The summed E-state index contributed by atoms with van der Waals surface area (Å²) >= 11 is 5.62. The second-order valence-corrected chi connectivity index (χ2v) is 3.96. The molecule has 1 aliphatic rings. The van der Waals surface area contributed by atoms with E-state index in [0.717, 1.165) is 18.3 Å². The molecule has 0 N–H and O–H groups in total. The number of halogens is 1. The molecule has 1 fully saturated rings. The number of rotatable bonds is 5. The van der Waals surface area contributed by atoms with Gasteiger partial charge in [-0.05, 0) is 25.9 Å². The van der Waals surface area contributed by atoms with E-state index in [4.69, 9.17) is 11.6 Å². The Balaban J connectivity index is 1.92. The second-order valence-electron chi connectivity index (χ2n) is 3.58. The lowest BCUT2D eigenvalue weighted by molar-refractivity contribution is 0.245. The van der Waals surface area contributed by atoms with Gasteiger partial charge in [0.2, 0.25) is 0 Å². The van der Waals surface area contributed by atoms with Crippen LogP contribution in [0.2, 0.25) is 0 Å². The van der Waals surface area contributed by atoms with Crippen LogP contribution in [0.3, 0.4) is 0 Å². The van der Waals surface area contributed by atoms with E-state index >= 15 is 0 Å². The van der Waals surface area contributed by atoms with Gasteiger partial charge in [-0.15, -0.1) is 11.6 Å². The lowest BCUT2D eigenvalue weighted by Gasteiger charge is -2.27. The summed E-state index contributed by atoms with van der Waals surface area (Å²) in [5.41, 5.74) is 0. The maximum absolute atomic E-state index is 5.62. The van der Waals surface area contributed by atoms with E-state index in [1.54, 1.807) is 0 Å². The van der Waals surface area contributed by atoms with Crippen molar-refractivity contribution >= 4 is 11.6 Å². The monoisotopic (exact) mass is 175 g/mol. The van der Waals surface area contributed by atoms with Crippen LogP contribution in [0.15, 0.2) is 0 Å². The molecule has 0 radical (unpaired) electrons. The molecule has 0 atom stereocenters. The molecule has 0 aromatic heterocycles. The SMILES string of the molecule is CN(CCCl)CCC1CCC1. The van der Waals surface area contributed by atoms with E-state index in [2.05, 4.69) is 11.9 Å². The van der Waals surface area contributed by atoms with Crippen molar-refractivity contribution in [1.82, 2.24) is 4.90 Å². The molecule has 1 aliphatic carbocycles. The molecule has 0 aromatic carbocycles. The average molecular weight is 176 g/mol. The zero-order valence-corrected chi connectivity index (χ0v) is 8.11. The van der Waals surface area contributed by atoms with Gasteiger partial charge in [0.05, 0.1) is 0 Å². The van der Waals surface area contributed by atoms with Crippen LogP contribution in [-0.2, 0) is 0 Å². The van der Waals surface area contributed by atoms with Crippen LogP contribution in [0.1, 0.15) is 25.7 Å². The minimum atomic E-state index is 0.765. The van der Waals surface area contributed by atoms with Gasteiger partial charge in [-0.25, -0.2) is 0 Å². The van der Waals surface area contributed by atoms with Crippen molar-refractivity contribution < 1.29 is 0 Å². The number of alkyl halides is 1. The highest BCUT2D eigenvalue weighted by molar-refractivity contribution is 6.18. The van der Waals surface area contributed by atoms with Crippen LogP contribution in [0.25, 0.3) is 0 Å². The predicted molar refractivity (Wildman–Crippen MR) is 50.2 cm³/mol.